The molecule has 0 aliphatic carbocycles. The van der Waals surface area contributed by atoms with E-state index in [1.165, 1.54) is 7.11 Å². The first-order valence-electron chi connectivity index (χ1n) is 5.95. The first-order chi connectivity index (χ1) is 9.67. The molecule has 20 heavy (non-hydrogen) atoms. The van der Waals surface area contributed by atoms with Crippen LogP contribution in [0.25, 0.3) is 11.3 Å². The van der Waals surface area contributed by atoms with Crippen molar-refractivity contribution in [2.24, 2.45) is 0 Å². The second-order valence-corrected chi connectivity index (χ2v) is 4.77. The van der Waals surface area contributed by atoms with Gasteiger partial charge in [-0.25, -0.2) is 9.97 Å². The predicted octanol–water partition coefficient (Wildman–Crippen LogP) is 3.59. The molecule has 0 unspecified atom stereocenters. The van der Waals surface area contributed by atoms with Crippen molar-refractivity contribution in [3.63, 3.8) is 0 Å². The van der Waals surface area contributed by atoms with Gasteiger partial charge in [0.05, 0.1) is 17.8 Å². The summed E-state index contributed by atoms with van der Waals surface area (Å²) in [6, 6.07) is 5.43. The molecule has 104 valence electrons. The van der Waals surface area contributed by atoms with Crippen LogP contribution in [0, 0.1) is 0 Å². The van der Waals surface area contributed by atoms with E-state index in [0.29, 0.717) is 35.0 Å². The Labute approximate surface area is 126 Å². The lowest BCUT2D eigenvalue weighted by atomic mass is 10.1. The maximum Gasteiger partial charge on any atom is 0.216 e. The largest absolute Gasteiger partial charge is 0.481 e. The number of carbonyl (C=O) groups is 1. The SMILES string of the molecule is COc1nc(-c2ccnc(Cl)c2Cl)ccc1CCC=O. The number of rotatable bonds is 5. The fourth-order valence-electron chi connectivity index (χ4n) is 1.82. The van der Waals surface area contributed by atoms with Crippen molar-refractivity contribution in [2.75, 3.05) is 7.11 Å². The first kappa shape index (κ1) is 14.8. The van der Waals surface area contributed by atoms with Gasteiger partial charge >= 0.3 is 0 Å². The van der Waals surface area contributed by atoms with Crippen LogP contribution in [0.3, 0.4) is 0 Å². The highest BCUT2D eigenvalue weighted by atomic mass is 35.5. The van der Waals surface area contributed by atoms with Gasteiger partial charge < -0.3 is 9.53 Å². The third kappa shape index (κ3) is 3.08. The Bertz CT molecular complexity index is 633. The molecule has 0 aliphatic heterocycles. The minimum absolute atomic E-state index is 0.231. The molecule has 2 aromatic heterocycles. The van der Waals surface area contributed by atoms with Gasteiger partial charge in [-0.1, -0.05) is 29.3 Å². The number of nitrogens with zero attached hydrogens (tertiary/aromatic N) is 2. The van der Waals surface area contributed by atoms with Crippen molar-refractivity contribution in [3.8, 4) is 17.1 Å². The van der Waals surface area contributed by atoms with Gasteiger partial charge in [-0.15, -0.1) is 0 Å². The second kappa shape index (κ2) is 6.68. The summed E-state index contributed by atoms with van der Waals surface area (Å²) in [5.41, 5.74) is 2.21. The van der Waals surface area contributed by atoms with Crippen molar-refractivity contribution < 1.29 is 9.53 Å². The van der Waals surface area contributed by atoms with Gasteiger partial charge in [-0.2, -0.15) is 0 Å². The number of ether oxygens (including phenoxy) is 1. The number of halogens is 2. The van der Waals surface area contributed by atoms with E-state index in [1.807, 2.05) is 12.1 Å². The maximum atomic E-state index is 10.4. The molecule has 0 saturated carbocycles. The van der Waals surface area contributed by atoms with Crippen LogP contribution in [0.2, 0.25) is 10.2 Å². The number of aryl methyl sites for hydroxylation is 1. The fraction of sp³-hybridized carbons (Fsp3) is 0.214. The highest BCUT2D eigenvalue weighted by Gasteiger charge is 2.12. The average molecular weight is 311 g/mol. The van der Waals surface area contributed by atoms with Gasteiger partial charge in [0, 0.05) is 23.7 Å². The molecule has 2 rings (SSSR count). The average Bonchev–Trinajstić information content (AvgIpc) is 2.48. The number of carbonyl (C=O) groups excluding carboxylic acids is 1. The van der Waals surface area contributed by atoms with E-state index in [4.69, 9.17) is 27.9 Å². The van der Waals surface area contributed by atoms with E-state index in [9.17, 15) is 4.79 Å². The smallest absolute Gasteiger partial charge is 0.216 e. The van der Waals surface area contributed by atoms with Gasteiger partial charge in [0.25, 0.3) is 0 Å². The molecule has 0 aromatic carbocycles. The standard InChI is InChI=1S/C14H12Cl2N2O2/c1-20-14-9(3-2-8-19)4-5-11(18-14)10-6-7-17-13(16)12(10)15/h4-8H,2-3H2,1H3. The minimum Gasteiger partial charge on any atom is -0.481 e. The van der Waals surface area contributed by atoms with Gasteiger partial charge in [0.1, 0.15) is 11.4 Å². The quantitative estimate of drug-likeness (QED) is 0.625. The maximum absolute atomic E-state index is 10.4. The van der Waals surface area contributed by atoms with Gasteiger partial charge in [0.2, 0.25) is 5.88 Å². The number of methoxy groups -OCH3 is 1. The Morgan fingerprint density at radius 3 is 2.80 bits per heavy atom. The van der Waals surface area contributed by atoms with Crippen LogP contribution in [0.1, 0.15) is 12.0 Å². The molecular weight excluding hydrogens is 299 g/mol. The van der Waals surface area contributed by atoms with E-state index < -0.39 is 0 Å². The van der Waals surface area contributed by atoms with E-state index >= 15 is 0 Å². The number of aldehydes is 1. The van der Waals surface area contributed by atoms with Crippen LogP contribution in [0.4, 0.5) is 0 Å². The zero-order valence-electron chi connectivity index (χ0n) is 10.8. The minimum atomic E-state index is 0.231. The fourth-order valence-corrected chi connectivity index (χ4v) is 2.18. The molecule has 0 fully saturated rings. The summed E-state index contributed by atoms with van der Waals surface area (Å²) in [6.45, 7) is 0. The normalized spacial score (nSPS) is 10.3. The first-order valence-corrected chi connectivity index (χ1v) is 6.71. The van der Waals surface area contributed by atoms with Crippen molar-refractivity contribution in [1.82, 2.24) is 9.97 Å². The van der Waals surface area contributed by atoms with E-state index in [2.05, 4.69) is 9.97 Å². The van der Waals surface area contributed by atoms with Crippen LogP contribution in [-0.2, 0) is 11.2 Å². The molecule has 0 bridgehead atoms. The van der Waals surface area contributed by atoms with Crippen LogP contribution < -0.4 is 4.74 Å². The number of pyridine rings is 2. The van der Waals surface area contributed by atoms with Gasteiger partial charge in [0.15, 0.2) is 0 Å². The van der Waals surface area contributed by atoms with E-state index in [1.54, 1.807) is 12.3 Å². The van der Waals surface area contributed by atoms with E-state index in [-0.39, 0.29) is 5.15 Å². The Morgan fingerprint density at radius 2 is 2.10 bits per heavy atom. The number of aromatic nitrogens is 2. The zero-order valence-corrected chi connectivity index (χ0v) is 12.3. The Hall–Kier alpha value is -1.65. The predicted molar refractivity (Wildman–Crippen MR) is 78.4 cm³/mol. The topological polar surface area (TPSA) is 52.1 Å². The molecule has 0 atom stereocenters. The number of hydrogen-bond acceptors (Lipinski definition) is 4. The second-order valence-electron chi connectivity index (χ2n) is 4.03. The van der Waals surface area contributed by atoms with Crippen molar-refractivity contribution >= 4 is 29.5 Å². The Kier molecular flexibility index (Phi) is 4.93. The lowest BCUT2D eigenvalue weighted by molar-refractivity contribution is -0.107. The summed E-state index contributed by atoms with van der Waals surface area (Å²) in [6.07, 6.45) is 3.45. The molecule has 0 radical (unpaired) electrons. The lowest BCUT2D eigenvalue weighted by Gasteiger charge is -2.10. The highest BCUT2D eigenvalue weighted by molar-refractivity contribution is 6.42. The van der Waals surface area contributed by atoms with Crippen molar-refractivity contribution in [1.29, 1.82) is 0 Å². The van der Waals surface area contributed by atoms with Crippen LogP contribution >= 0.6 is 23.2 Å². The summed E-state index contributed by atoms with van der Waals surface area (Å²) in [4.78, 5) is 18.8. The molecule has 0 aliphatic rings. The van der Waals surface area contributed by atoms with Crippen molar-refractivity contribution in [2.45, 2.75) is 12.8 Å². The molecule has 0 saturated heterocycles. The summed E-state index contributed by atoms with van der Waals surface area (Å²) in [7, 11) is 1.54. The molecule has 0 spiro atoms. The van der Waals surface area contributed by atoms with Gasteiger partial charge in [-0.3, -0.25) is 0 Å². The Morgan fingerprint density at radius 1 is 1.30 bits per heavy atom. The third-order valence-electron chi connectivity index (χ3n) is 2.79. The highest BCUT2D eigenvalue weighted by Crippen LogP contribution is 2.32. The summed E-state index contributed by atoms with van der Waals surface area (Å²) >= 11 is 12.0. The molecule has 0 N–H and O–H groups in total. The summed E-state index contributed by atoms with van der Waals surface area (Å²) in [5.74, 6) is 0.480. The third-order valence-corrected chi connectivity index (χ3v) is 3.55. The van der Waals surface area contributed by atoms with Crippen LogP contribution in [0.5, 0.6) is 5.88 Å². The van der Waals surface area contributed by atoms with Crippen LogP contribution in [0.15, 0.2) is 24.4 Å². The molecule has 2 aromatic rings. The zero-order chi connectivity index (χ0) is 14.5. The lowest BCUT2D eigenvalue weighted by Crippen LogP contribution is -1.98. The molecule has 6 heteroatoms. The molecule has 2 heterocycles. The molecule has 4 nitrogen and oxygen atoms in total. The molecule has 0 amide bonds. The van der Waals surface area contributed by atoms with Gasteiger partial charge in [-0.05, 0) is 18.6 Å². The van der Waals surface area contributed by atoms with Crippen LogP contribution in [-0.4, -0.2) is 23.4 Å². The van der Waals surface area contributed by atoms with E-state index in [0.717, 1.165) is 11.8 Å². The summed E-state index contributed by atoms with van der Waals surface area (Å²) < 4.78 is 5.26. The Balaban J connectivity index is 2.43. The molecular formula is C14H12Cl2N2O2. The number of hydrogen-bond donors (Lipinski definition) is 0. The monoisotopic (exact) mass is 310 g/mol. The summed E-state index contributed by atoms with van der Waals surface area (Å²) in [5, 5.41) is 0.583. The van der Waals surface area contributed by atoms with Crippen molar-refractivity contribution in [3.05, 3.63) is 40.1 Å².